The third kappa shape index (κ3) is 3.31. The van der Waals surface area contributed by atoms with E-state index in [1.54, 1.807) is 0 Å². The quantitative estimate of drug-likeness (QED) is 0.788. The minimum Gasteiger partial charge on any atom is -0.377 e. The normalized spacial score (nSPS) is 25.0. The predicted octanol–water partition coefficient (Wildman–Crippen LogP) is 2.86. The lowest BCUT2D eigenvalue weighted by molar-refractivity contribution is 0.0985. The molecule has 0 spiro atoms. The molecule has 0 unspecified atom stereocenters. The number of morpholine rings is 1. The number of rotatable bonds is 4. The molecule has 2 aliphatic carbocycles. The van der Waals surface area contributed by atoms with Crippen LogP contribution in [0.2, 0.25) is 0 Å². The summed E-state index contributed by atoms with van der Waals surface area (Å²) in [6.07, 6.45) is 11.8. The van der Waals surface area contributed by atoms with Crippen molar-refractivity contribution in [3.05, 3.63) is 35.8 Å². The first-order valence-electron chi connectivity index (χ1n) is 9.71. The van der Waals surface area contributed by atoms with Gasteiger partial charge in [0.2, 0.25) is 0 Å². The molecule has 0 bridgehead atoms. The molecule has 27 heavy (non-hydrogen) atoms. The zero-order valence-electron chi connectivity index (χ0n) is 16.0. The van der Waals surface area contributed by atoms with Crippen molar-refractivity contribution < 1.29 is 13.2 Å². The van der Waals surface area contributed by atoms with E-state index in [2.05, 4.69) is 24.0 Å². The summed E-state index contributed by atoms with van der Waals surface area (Å²) >= 11 is 0. The van der Waals surface area contributed by atoms with Gasteiger partial charge in [0.15, 0.2) is 15.7 Å². The summed E-state index contributed by atoms with van der Waals surface area (Å²) in [5, 5.41) is 0. The van der Waals surface area contributed by atoms with Crippen LogP contribution in [0.4, 0.5) is 5.82 Å². The lowest BCUT2D eigenvalue weighted by atomic mass is 9.81. The zero-order chi connectivity index (χ0) is 19.1. The van der Waals surface area contributed by atoms with Crippen LogP contribution in [0.25, 0.3) is 5.57 Å². The number of hydrogen-bond acceptors (Lipinski definition) is 6. The van der Waals surface area contributed by atoms with Gasteiger partial charge in [-0.1, -0.05) is 18.2 Å². The average molecular weight is 390 g/mol. The predicted molar refractivity (Wildman–Crippen MR) is 106 cm³/mol. The Bertz CT molecular complexity index is 888. The largest absolute Gasteiger partial charge is 0.377 e. The third-order valence-corrected chi connectivity index (χ3v) is 8.00. The lowest BCUT2D eigenvalue weighted by Crippen LogP contribution is -2.45. The van der Waals surface area contributed by atoms with Crippen LogP contribution < -0.4 is 4.90 Å². The van der Waals surface area contributed by atoms with Gasteiger partial charge in [-0.05, 0) is 39.0 Å². The highest BCUT2D eigenvalue weighted by atomic mass is 32.2. The highest BCUT2D eigenvalue weighted by molar-refractivity contribution is 7.91. The Morgan fingerprint density at radius 2 is 2.07 bits per heavy atom. The number of hydrogen-bond donors (Lipinski definition) is 0. The zero-order valence-corrected chi connectivity index (χ0v) is 16.8. The first-order chi connectivity index (χ1) is 12.9. The molecule has 6 nitrogen and oxygen atoms in total. The second-order valence-corrected chi connectivity index (χ2v) is 10.1. The molecule has 0 radical (unpaired) electrons. The fourth-order valence-corrected chi connectivity index (χ4v) is 5.62. The minimum absolute atomic E-state index is 0.195. The maximum Gasteiger partial charge on any atom is 0.161 e. The highest BCUT2D eigenvalue weighted by Gasteiger charge is 2.49. The summed E-state index contributed by atoms with van der Waals surface area (Å²) in [6.45, 7) is 4.15. The van der Waals surface area contributed by atoms with Crippen LogP contribution in [-0.2, 0) is 19.3 Å². The summed E-state index contributed by atoms with van der Waals surface area (Å²) in [4.78, 5) is 11.8. The highest BCUT2D eigenvalue weighted by Crippen LogP contribution is 2.48. The van der Waals surface area contributed by atoms with Crippen molar-refractivity contribution in [3.63, 3.8) is 0 Å². The van der Waals surface area contributed by atoms with Gasteiger partial charge < -0.3 is 9.64 Å². The molecule has 146 valence electrons. The van der Waals surface area contributed by atoms with E-state index in [0.717, 1.165) is 37.2 Å². The minimum atomic E-state index is -3.26. The smallest absolute Gasteiger partial charge is 0.161 e. The number of allylic oxidation sites excluding steroid dienone is 4. The average Bonchev–Trinajstić information content (AvgIpc) is 2.60. The van der Waals surface area contributed by atoms with E-state index in [0.29, 0.717) is 37.6 Å². The molecule has 1 aromatic heterocycles. The number of anilines is 1. The molecule has 2 heterocycles. The second kappa shape index (κ2) is 7.02. The molecule has 4 rings (SSSR count). The van der Waals surface area contributed by atoms with Crippen LogP contribution in [0.15, 0.2) is 24.3 Å². The number of sulfone groups is 1. The van der Waals surface area contributed by atoms with Gasteiger partial charge in [-0.15, -0.1) is 0 Å². The van der Waals surface area contributed by atoms with E-state index >= 15 is 0 Å². The van der Waals surface area contributed by atoms with E-state index in [1.807, 2.05) is 12.1 Å². The Morgan fingerprint density at radius 3 is 2.67 bits per heavy atom. The van der Waals surface area contributed by atoms with Crippen molar-refractivity contribution in [1.29, 1.82) is 0 Å². The van der Waals surface area contributed by atoms with Crippen molar-refractivity contribution in [3.8, 4) is 0 Å². The van der Waals surface area contributed by atoms with Gasteiger partial charge in [0, 0.05) is 24.4 Å². The molecule has 0 aromatic carbocycles. The molecule has 0 amide bonds. The summed E-state index contributed by atoms with van der Waals surface area (Å²) < 4.78 is 30.0. The summed E-state index contributed by atoms with van der Waals surface area (Å²) in [7, 11) is -3.26. The summed E-state index contributed by atoms with van der Waals surface area (Å²) in [5.41, 5.74) is 1.63. The monoisotopic (exact) mass is 389 g/mol. The van der Waals surface area contributed by atoms with Gasteiger partial charge in [-0.3, -0.25) is 0 Å². The van der Waals surface area contributed by atoms with Gasteiger partial charge in [0.05, 0.1) is 24.9 Å². The van der Waals surface area contributed by atoms with Gasteiger partial charge in [-0.25, -0.2) is 18.4 Å². The fourth-order valence-electron chi connectivity index (χ4n) is 4.11. The number of ether oxygens (including phenoxy) is 1. The standard InChI is InChI=1S/C20H27N3O3S/c1-15-14-26-12-11-23(15)18-13-17(20(9-6-10-20)27(2,24)25)21-19(22-18)16-7-4-3-5-8-16/h4,7-8,13,15H,3,5-6,9-12,14H2,1-2H3/t15-/m0/s1. The fraction of sp³-hybridized carbons (Fsp3) is 0.600. The van der Waals surface area contributed by atoms with Crippen LogP contribution in [0.3, 0.4) is 0 Å². The molecule has 7 heteroatoms. The molecule has 1 saturated carbocycles. The molecule has 1 aliphatic heterocycles. The van der Waals surface area contributed by atoms with E-state index in [9.17, 15) is 8.42 Å². The molecule has 2 fully saturated rings. The van der Waals surface area contributed by atoms with E-state index in [4.69, 9.17) is 14.7 Å². The Morgan fingerprint density at radius 1 is 1.26 bits per heavy atom. The molecular formula is C20H27N3O3S. The number of nitrogens with zero attached hydrogens (tertiary/aromatic N) is 3. The lowest BCUT2D eigenvalue weighted by Gasteiger charge is -2.40. The van der Waals surface area contributed by atoms with Gasteiger partial charge in [0.25, 0.3) is 0 Å². The van der Waals surface area contributed by atoms with E-state index in [-0.39, 0.29) is 6.04 Å². The summed E-state index contributed by atoms with van der Waals surface area (Å²) in [6, 6.07) is 2.10. The van der Waals surface area contributed by atoms with Gasteiger partial charge >= 0.3 is 0 Å². The topological polar surface area (TPSA) is 72.4 Å². The van der Waals surface area contributed by atoms with E-state index < -0.39 is 14.6 Å². The maximum atomic E-state index is 12.7. The van der Waals surface area contributed by atoms with Crippen molar-refractivity contribution in [2.75, 3.05) is 30.9 Å². The van der Waals surface area contributed by atoms with Crippen LogP contribution in [0.5, 0.6) is 0 Å². The van der Waals surface area contributed by atoms with E-state index in [1.165, 1.54) is 6.26 Å². The first-order valence-corrected chi connectivity index (χ1v) is 11.6. The third-order valence-electron chi connectivity index (χ3n) is 5.97. The van der Waals surface area contributed by atoms with Crippen molar-refractivity contribution >= 4 is 21.2 Å². The Balaban J connectivity index is 1.84. The number of aromatic nitrogens is 2. The van der Waals surface area contributed by atoms with Crippen LogP contribution in [0, 0.1) is 0 Å². The SMILES string of the molecule is C[C@H]1COCCN1c1cc(C2(S(C)(=O)=O)CCC2)nc(C2=CCCC=C2)n1. The Hall–Kier alpha value is -1.73. The van der Waals surface area contributed by atoms with Crippen LogP contribution in [-0.4, -0.2) is 50.4 Å². The Labute approximate surface area is 161 Å². The van der Waals surface area contributed by atoms with Crippen molar-refractivity contribution in [1.82, 2.24) is 9.97 Å². The summed E-state index contributed by atoms with van der Waals surface area (Å²) in [5.74, 6) is 1.44. The van der Waals surface area contributed by atoms with Crippen molar-refractivity contribution in [2.45, 2.75) is 49.8 Å². The first kappa shape index (κ1) is 18.6. The van der Waals surface area contributed by atoms with Crippen molar-refractivity contribution in [2.24, 2.45) is 0 Å². The van der Waals surface area contributed by atoms with Crippen LogP contribution >= 0.6 is 0 Å². The molecule has 1 atom stereocenters. The van der Waals surface area contributed by atoms with Crippen LogP contribution in [0.1, 0.15) is 50.5 Å². The Kier molecular flexibility index (Phi) is 4.84. The van der Waals surface area contributed by atoms with Gasteiger partial charge in [-0.2, -0.15) is 0 Å². The second-order valence-electron chi connectivity index (χ2n) is 7.81. The molecule has 0 N–H and O–H groups in total. The molecule has 1 aromatic rings. The van der Waals surface area contributed by atoms with Gasteiger partial charge in [0.1, 0.15) is 10.6 Å². The molecule has 1 saturated heterocycles. The molecular weight excluding hydrogens is 362 g/mol. The molecule has 3 aliphatic rings. The maximum absolute atomic E-state index is 12.7.